The number of phenols is 2. The van der Waals surface area contributed by atoms with E-state index in [0.29, 0.717) is 13.1 Å². The Morgan fingerprint density at radius 3 is 2.40 bits per heavy atom. The second-order valence-corrected chi connectivity index (χ2v) is 3.03. The van der Waals surface area contributed by atoms with Crippen molar-refractivity contribution < 1.29 is 15.0 Å². The largest absolute Gasteiger partial charge is 0.507 e. The number of nitrogens with one attached hydrogen (secondary N) is 2. The molecule has 0 spiro atoms. The van der Waals surface area contributed by atoms with Crippen LogP contribution in [0.25, 0.3) is 0 Å². The molecule has 0 aliphatic carbocycles. The molecule has 15 heavy (non-hydrogen) atoms. The van der Waals surface area contributed by atoms with Gasteiger partial charge in [-0.05, 0) is 19.2 Å². The predicted octanol–water partition coefficient (Wildman–Crippen LogP) is 0.0470. The number of likely N-dealkylation sites (N-methyl/N-ethyl adjacent to an activating group) is 1. The van der Waals surface area contributed by atoms with E-state index in [1.807, 2.05) is 0 Å². The van der Waals surface area contributed by atoms with E-state index < -0.39 is 5.91 Å². The van der Waals surface area contributed by atoms with E-state index in [2.05, 4.69) is 10.6 Å². The van der Waals surface area contributed by atoms with Crippen LogP contribution in [0.3, 0.4) is 0 Å². The van der Waals surface area contributed by atoms with Gasteiger partial charge < -0.3 is 20.8 Å². The zero-order chi connectivity index (χ0) is 11.3. The molecular weight excluding hydrogens is 196 g/mol. The first-order valence-electron chi connectivity index (χ1n) is 4.60. The fourth-order valence-corrected chi connectivity index (χ4v) is 1.15. The van der Waals surface area contributed by atoms with E-state index in [1.165, 1.54) is 18.2 Å². The van der Waals surface area contributed by atoms with Crippen molar-refractivity contribution in [2.24, 2.45) is 0 Å². The molecule has 1 amide bonds. The van der Waals surface area contributed by atoms with Crippen molar-refractivity contribution in [1.29, 1.82) is 0 Å². The minimum Gasteiger partial charge on any atom is -0.507 e. The van der Waals surface area contributed by atoms with E-state index in [1.54, 1.807) is 7.05 Å². The van der Waals surface area contributed by atoms with Crippen molar-refractivity contribution in [2.45, 2.75) is 0 Å². The highest BCUT2D eigenvalue weighted by Crippen LogP contribution is 2.25. The van der Waals surface area contributed by atoms with Gasteiger partial charge in [0, 0.05) is 13.1 Å². The molecule has 0 aromatic heterocycles. The minimum atomic E-state index is -0.485. The number of carbonyl (C=O) groups excluding carboxylic acids is 1. The maximum atomic E-state index is 11.5. The molecule has 0 aliphatic rings. The molecule has 1 aromatic rings. The molecule has 0 atom stereocenters. The first-order valence-corrected chi connectivity index (χ1v) is 4.60. The SMILES string of the molecule is CNCCNC(=O)c1c(O)cccc1O. The molecule has 0 fully saturated rings. The number of benzene rings is 1. The van der Waals surface area contributed by atoms with Gasteiger partial charge in [0.25, 0.3) is 5.91 Å². The first-order chi connectivity index (χ1) is 7.16. The zero-order valence-electron chi connectivity index (χ0n) is 8.45. The van der Waals surface area contributed by atoms with Crippen molar-refractivity contribution in [3.63, 3.8) is 0 Å². The Morgan fingerprint density at radius 1 is 1.27 bits per heavy atom. The van der Waals surface area contributed by atoms with Gasteiger partial charge in [0.05, 0.1) is 0 Å². The summed E-state index contributed by atoms with van der Waals surface area (Å²) < 4.78 is 0. The van der Waals surface area contributed by atoms with Crippen molar-refractivity contribution >= 4 is 5.91 Å². The topological polar surface area (TPSA) is 81.6 Å². The first kappa shape index (κ1) is 11.3. The second-order valence-electron chi connectivity index (χ2n) is 3.03. The normalized spacial score (nSPS) is 9.93. The molecule has 5 nitrogen and oxygen atoms in total. The Bertz CT molecular complexity index is 332. The Labute approximate surface area is 87.7 Å². The highest BCUT2D eigenvalue weighted by atomic mass is 16.3. The van der Waals surface area contributed by atoms with Gasteiger partial charge in [-0.3, -0.25) is 4.79 Å². The van der Waals surface area contributed by atoms with Gasteiger partial charge in [0.15, 0.2) is 0 Å². The number of hydrogen-bond donors (Lipinski definition) is 4. The smallest absolute Gasteiger partial charge is 0.258 e. The number of phenolic OH excluding ortho intramolecular Hbond substituents is 2. The van der Waals surface area contributed by atoms with Crippen molar-refractivity contribution in [3.8, 4) is 11.5 Å². The van der Waals surface area contributed by atoms with Crippen LogP contribution in [0.5, 0.6) is 11.5 Å². The Hall–Kier alpha value is -1.75. The molecule has 0 heterocycles. The molecule has 4 N–H and O–H groups in total. The number of hydrogen-bond acceptors (Lipinski definition) is 4. The lowest BCUT2D eigenvalue weighted by molar-refractivity contribution is 0.0948. The lowest BCUT2D eigenvalue weighted by atomic mass is 10.1. The van der Waals surface area contributed by atoms with Gasteiger partial charge in [-0.15, -0.1) is 0 Å². The lowest BCUT2D eigenvalue weighted by Crippen LogP contribution is -2.30. The van der Waals surface area contributed by atoms with Gasteiger partial charge in [-0.2, -0.15) is 0 Å². The van der Waals surface area contributed by atoms with E-state index in [9.17, 15) is 15.0 Å². The summed E-state index contributed by atoms with van der Waals surface area (Å²) in [6.45, 7) is 1.06. The highest BCUT2D eigenvalue weighted by molar-refractivity contribution is 5.99. The van der Waals surface area contributed by atoms with Crippen LogP contribution in [0.2, 0.25) is 0 Å². The third-order valence-corrected chi connectivity index (χ3v) is 1.91. The predicted molar refractivity (Wildman–Crippen MR) is 56.0 cm³/mol. The van der Waals surface area contributed by atoms with Crippen LogP contribution in [0.1, 0.15) is 10.4 Å². The quantitative estimate of drug-likeness (QED) is 0.529. The zero-order valence-corrected chi connectivity index (χ0v) is 8.45. The van der Waals surface area contributed by atoms with Gasteiger partial charge in [0.1, 0.15) is 17.1 Å². The van der Waals surface area contributed by atoms with Gasteiger partial charge >= 0.3 is 0 Å². The van der Waals surface area contributed by atoms with Gasteiger partial charge in [-0.1, -0.05) is 6.07 Å². The number of carbonyl (C=O) groups is 1. The van der Waals surface area contributed by atoms with Crippen molar-refractivity contribution in [3.05, 3.63) is 23.8 Å². The van der Waals surface area contributed by atoms with Crippen LogP contribution in [0.4, 0.5) is 0 Å². The van der Waals surface area contributed by atoms with Crippen molar-refractivity contribution in [1.82, 2.24) is 10.6 Å². The molecule has 5 heteroatoms. The second kappa shape index (κ2) is 5.21. The minimum absolute atomic E-state index is 0.0893. The maximum Gasteiger partial charge on any atom is 0.258 e. The average Bonchev–Trinajstić information content (AvgIpc) is 2.18. The van der Waals surface area contributed by atoms with Gasteiger partial charge in [-0.25, -0.2) is 0 Å². The third-order valence-electron chi connectivity index (χ3n) is 1.91. The van der Waals surface area contributed by atoms with E-state index in [0.717, 1.165) is 0 Å². The average molecular weight is 210 g/mol. The summed E-state index contributed by atoms with van der Waals surface area (Å²) in [7, 11) is 1.77. The van der Waals surface area contributed by atoms with Crippen LogP contribution < -0.4 is 10.6 Å². The molecule has 0 radical (unpaired) electrons. The Balaban J connectivity index is 2.73. The number of aromatic hydroxyl groups is 2. The molecule has 0 saturated heterocycles. The van der Waals surface area contributed by atoms with Crippen LogP contribution in [0, 0.1) is 0 Å². The molecule has 1 aromatic carbocycles. The molecule has 1 rings (SSSR count). The molecule has 0 saturated carbocycles. The Morgan fingerprint density at radius 2 is 1.87 bits per heavy atom. The van der Waals surface area contributed by atoms with E-state index in [4.69, 9.17) is 0 Å². The lowest BCUT2D eigenvalue weighted by Gasteiger charge is -2.07. The molecular formula is C10H14N2O3. The summed E-state index contributed by atoms with van der Waals surface area (Å²) in [5.74, 6) is -0.935. The summed E-state index contributed by atoms with van der Waals surface area (Å²) in [4.78, 5) is 11.5. The van der Waals surface area contributed by atoms with Crippen molar-refractivity contribution in [2.75, 3.05) is 20.1 Å². The molecule has 0 bridgehead atoms. The standard InChI is InChI=1S/C10H14N2O3/c1-11-5-6-12-10(15)9-7(13)3-2-4-8(9)14/h2-4,11,13-14H,5-6H2,1H3,(H,12,15). The monoisotopic (exact) mass is 210 g/mol. The summed E-state index contributed by atoms with van der Waals surface area (Å²) in [5, 5.41) is 24.2. The molecule has 0 unspecified atom stereocenters. The Kier molecular flexibility index (Phi) is 3.93. The maximum absolute atomic E-state index is 11.5. The van der Waals surface area contributed by atoms with E-state index >= 15 is 0 Å². The molecule has 82 valence electrons. The summed E-state index contributed by atoms with van der Waals surface area (Å²) >= 11 is 0. The highest BCUT2D eigenvalue weighted by Gasteiger charge is 2.14. The molecule has 0 aliphatic heterocycles. The van der Waals surface area contributed by atoms with Crippen LogP contribution in [-0.4, -0.2) is 36.3 Å². The van der Waals surface area contributed by atoms with Crippen LogP contribution in [0.15, 0.2) is 18.2 Å². The summed E-state index contributed by atoms with van der Waals surface area (Å²) in [6.07, 6.45) is 0. The number of amides is 1. The summed E-state index contributed by atoms with van der Waals surface area (Å²) in [6, 6.07) is 4.18. The van der Waals surface area contributed by atoms with Crippen LogP contribution in [-0.2, 0) is 0 Å². The van der Waals surface area contributed by atoms with Gasteiger partial charge in [0.2, 0.25) is 0 Å². The fraction of sp³-hybridized carbons (Fsp3) is 0.300. The third kappa shape index (κ3) is 2.85. The fourth-order valence-electron chi connectivity index (χ4n) is 1.15. The summed E-state index contributed by atoms with van der Waals surface area (Å²) in [5.41, 5.74) is -0.0893. The van der Waals surface area contributed by atoms with Crippen LogP contribution >= 0.6 is 0 Å². The van der Waals surface area contributed by atoms with E-state index in [-0.39, 0.29) is 17.1 Å². The number of rotatable bonds is 4.